The molecule has 0 unspecified atom stereocenters. The SMILES string of the molecule is CC1(C)OB(c2ccc3c(c2)CN(CCOCCN2COc4ccc(B5OC(C)(C)C(C)(C)O5)cc4C2)CO3)OC1(C)C. The third kappa shape index (κ3) is 6.23. The molecule has 43 heavy (non-hydrogen) atoms. The van der Waals surface area contributed by atoms with Crippen molar-refractivity contribution in [1.82, 2.24) is 9.80 Å². The zero-order valence-electron chi connectivity index (χ0n) is 27.0. The highest BCUT2D eigenvalue weighted by atomic mass is 16.7. The molecule has 0 N–H and O–H groups in total. The maximum Gasteiger partial charge on any atom is 0.494 e. The molecule has 4 aliphatic rings. The van der Waals surface area contributed by atoms with E-state index in [0.717, 1.165) is 59.7 Å². The average molecular weight is 592 g/mol. The van der Waals surface area contributed by atoms with Crippen molar-refractivity contribution in [2.45, 2.75) is 90.9 Å². The van der Waals surface area contributed by atoms with Crippen molar-refractivity contribution in [3.8, 4) is 11.5 Å². The van der Waals surface area contributed by atoms with Crippen LogP contribution in [0.25, 0.3) is 0 Å². The van der Waals surface area contributed by atoms with Gasteiger partial charge in [-0.15, -0.1) is 0 Å². The van der Waals surface area contributed by atoms with Crippen molar-refractivity contribution in [3.63, 3.8) is 0 Å². The second-order valence-electron chi connectivity index (χ2n) is 14.2. The summed E-state index contributed by atoms with van der Waals surface area (Å²) in [6, 6.07) is 12.4. The summed E-state index contributed by atoms with van der Waals surface area (Å²) in [5.74, 6) is 1.84. The molecule has 0 radical (unpaired) electrons. The first-order chi connectivity index (χ1) is 20.2. The third-order valence-electron chi connectivity index (χ3n) is 9.92. The van der Waals surface area contributed by atoms with E-state index < -0.39 is 0 Å². The highest BCUT2D eigenvalue weighted by Gasteiger charge is 2.53. The molecule has 2 fully saturated rings. The predicted octanol–water partition coefficient (Wildman–Crippen LogP) is 3.31. The van der Waals surface area contributed by atoms with Crippen LogP contribution in [0.1, 0.15) is 66.5 Å². The topological polar surface area (TPSA) is 71.1 Å². The van der Waals surface area contributed by atoms with Crippen LogP contribution >= 0.6 is 0 Å². The molecular formula is C32H46B2N2O7. The Bertz CT molecular complexity index is 1200. The van der Waals surface area contributed by atoms with Crippen LogP contribution in [-0.4, -0.2) is 86.2 Å². The van der Waals surface area contributed by atoms with E-state index in [2.05, 4.69) is 77.3 Å². The van der Waals surface area contributed by atoms with Gasteiger partial charge in [-0.1, -0.05) is 24.3 Å². The maximum atomic E-state index is 6.25. The number of hydrogen-bond acceptors (Lipinski definition) is 9. The summed E-state index contributed by atoms with van der Waals surface area (Å²) >= 11 is 0. The standard InChI is InChI=1S/C32H46B2N2O7/c1-29(2)30(3,4)41-33(40-29)25-9-11-27-23(17-25)19-35(21-38-27)13-15-37-16-14-36-20-24-18-26(10-12-28(24)39-22-36)34-42-31(5,6)32(7,8)43-34/h9-12,17-18H,13-16,19-22H2,1-8H3. The molecule has 0 aliphatic carbocycles. The summed E-state index contributed by atoms with van der Waals surface area (Å²) in [7, 11) is -0.759. The van der Waals surface area contributed by atoms with E-state index in [-0.39, 0.29) is 36.6 Å². The van der Waals surface area contributed by atoms with E-state index in [9.17, 15) is 0 Å². The van der Waals surface area contributed by atoms with Gasteiger partial charge in [0.2, 0.25) is 0 Å². The Morgan fingerprint density at radius 1 is 0.605 bits per heavy atom. The van der Waals surface area contributed by atoms with Gasteiger partial charge >= 0.3 is 14.2 Å². The third-order valence-corrected chi connectivity index (χ3v) is 9.92. The maximum absolute atomic E-state index is 6.25. The lowest BCUT2D eigenvalue weighted by atomic mass is 9.78. The first kappa shape index (κ1) is 30.9. The lowest BCUT2D eigenvalue weighted by Crippen LogP contribution is -2.41. The molecule has 6 rings (SSSR count). The molecule has 0 saturated carbocycles. The lowest BCUT2D eigenvalue weighted by molar-refractivity contribution is 0.00578. The van der Waals surface area contributed by atoms with Gasteiger partial charge in [-0.3, -0.25) is 9.80 Å². The Labute approximate surface area is 257 Å². The highest BCUT2D eigenvalue weighted by Crippen LogP contribution is 2.38. The molecule has 2 aromatic rings. The van der Waals surface area contributed by atoms with Gasteiger partial charge < -0.3 is 32.8 Å². The fourth-order valence-electron chi connectivity index (χ4n) is 5.65. The normalized spacial score (nSPS) is 23.9. The van der Waals surface area contributed by atoms with Crippen LogP contribution in [0.2, 0.25) is 0 Å². The second kappa shape index (κ2) is 11.4. The molecule has 11 heteroatoms. The minimum absolute atomic E-state index is 0.367. The van der Waals surface area contributed by atoms with Crippen molar-refractivity contribution < 1.29 is 32.8 Å². The van der Waals surface area contributed by atoms with Gasteiger partial charge in [0, 0.05) is 37.3 Å². The summed E-state index contributed by atoms with van der Waals surface area (Å²) in [6.07, 6.45) is 0. The zero-order valence-corrected chi connectivity index (χ0v) is 27.0. The molecule has 2 aromatic carbocycles. The van der Waals surface area contributed by atoms with Crippen LogP contribution in [0.15, 0.2) is 36.4 Å². The number of rotatable bonds is 8. The molecule has 9 nitrogen and oxygen atoms in total. The smallest absolute Gasteiger partial charge is 0.478 e. The predicted molar refractivity (Wildman–Crippen MR) is 167 cm³/mol. The van der Waals surface area contributed by atoms with E-state index in [4.69, 9.17) is 32.8 Å². The summed E-state index contributed by atoms with van der Waals surface area (Å²) in [6.45, 7) is 22.1. The fraction of sp³-hybridized carbons (Fsp3) is 0.625. The van der Waals surface area contributed by atoms with Gasteiger partial charge in [-0.25, -0.2) is 0 Å². The van der Waals surface area contributed by atoms with Gasteiger partial charge in [0.05, 0.1) is 35.6 Å². The summed E-state index contributed by atoms with van der Waals surface area (Å²) in [5, 5.41) is 0. The van der Waals surface area contributed by atoms with Crippen molar-refractivity contribution in [1.29, 1.82) is 0 Å². The van der Waals surface area contributed by atoms with Crippen LogP contribution < -0.4 is 20.4 Å². The molecule has 0 bridgehead atoms. The van der Waals surface area contributed by atoms with Gasteiger partial charge in [0.15, 0.2) is 0 Å². The molecule has 0 aromatic heterocycles. The van der Waals surface area contributed by atoms with Crippen molar-refractivity contribution in [2.24, 2.45) is 0 Å². The van der Waals surface area contributed by atoms with E-state index in [1.165, 1.54) is 0 Å². The monoisotopic (exact) mass is 592 g/mol. The quantitative estimate of drug-likeness (QED) is 0.340. The van der Waals surface area contributed by atoms with Gasteiger partial charge in [-0.2, -0.15) is 0 Å². The number of nitrogens with zero attached hydrogens (tertiary/aromatic N) is 2. The van der Waals surface area contributed by atoms with Crippen LogP contribution in [0.4, 0.5) is 0 Å². The fourth-order valence-corrected chi connectivity index (χ4v) is 5.65. The Hall–Kier alpha value is -2.11. The van der Waals surface area contributed by atoms with Crippen LogP contribution in [0.3, 0.4) is 0 Å². The molecule has 232 valence electrons. The Kier molecular flexibility index (Phi) is 8.16. The Balaban J connectivity index is 0.954. The molecule has 0 atom stereocenters. The number of ether oxygens (including phenoxy) is 3. The average Bonchev–Trinajstić information content (AvgIpc) is 3.31. The number of fused-ring (bicyclic) bond motifs is 2. The lowest BCUT2D eigenvalue weighted by Gasteiger charge is -2.32. The van der Waals surface area contributed by atoms with Crippen LogP contribution in [-0.2, 0) is 36.4 Å². The van der Waals surface area contributed by atoms with E-state index >= 15 is 0 Å². The van der Waals surface area contributed by atoms with E-state index in [1.807, 2.05) is 24.3 Å². The Morgan fingerprint density at radius 3 is 1.35 bits per heavy atom. The van der Waals surface area contributed by atoms with Crippen LogP contribution in [0.5, 0.6) is 11.5 Å². The number of benzene rings is 2. The molecule has 0 spiro atoms. The van der Waals surface area contributed by atoms with Gasteiger partial charge in [0.1, 0.15) is 25.0 Å². The van der Waals surface area contributed by atoms with Gasteiger partial charge in [0.25, 0.3) is 0 Å². The molecule has 4 heterocycles. The Morgan fingerprint density at radius 2 is 0.977 bits per heavy atom. The van der Waals surface area contributed by atoms with Crippen LogP contribution in [0, 0.1) is 0 Å². The largest absolute Gasteiger partial charge is 0.494 e. The second-order valence-corrected chi connectivity index (χ2v) is 14.2. The minimum Gasteiger partial charge on any atom is -0.478 e. The first-order valence-corrected chi connectivity index (χ1v) is 15.5. The van der Waals surface area contributed by atoms with Crippen molar-refractivity contribution >= 4 is 25.2 Å². The molecular weight excluding hydrogens is 546 g/mol. The first-order valence-electron chi connectivity index (χ1n) is 15.5. The summed E-state index contributed by atoms with van der Waals surface area (Å²) in [5.41, 5.74) is 2.86. The van der Waals surface area contributed by atoms with Gasteiger partial charge in [-0.05, 0) is 78.4 Å². The van der Waals surface area contributed by atoms with Crippen molar-refractivity contribution in [2.75, 3.05) is 39.8 Å². The summed E-state index contributed by atoms with van der Waals surface area (Å²) in [4.78, 5) is 4.52. The molecule has 2 saturated heterocycles. The highest BCUT2D eigenvalue weighted by molar-refractivity contribution is 6.62. The zero-order chi connectivity index (χ0) is 30.6. The van der Waals surface area contributed by atoms with Crippen molar-refractivity contribution in [3.05, 3.63) is 47.5 Å². The van der Waals surface area contributed by atoms with E-state index in [0.29, 0.717) is 26.7 Å². The molecule has 4 aliphatic heterocycles. The molecule has 0 amide bonds. The number of hydrogen-bond donors (Lipinski definition) is 0. The summed E-state index contributed by atoms with van der Waals surface area (Å²) < 4.78 is 43.1. The minimum atomic E-state index is -0.380. The van der Waals surface area contributed by atoms with E-state index in [1.54, 1.807) is 0 Å².